The van der Waals surface area contributed by atoms with E-state index in [1.165, 1.54) is 23.5 Å². The second-order valence-corrected chi connectivity index (χ2v) is 8.48. The molecule has 28 heavy (non-hydrogen) atoms. The Hall–Kier alpha value is -2.94. The second-order valence-electron chi connectivity index (χ2n) is 7.59. The number of likely N-dealkylation sites (tertiary alicyclic amines) is 1. The summed E-state index contributed by atoms with van der Waals surface area (Å²) in [5, 5.41) is 11.7. The summed E-state index contributed by atoms with van der Waals surface area (Å²) in [6.45, 7) is 1.41. The minimum absolute atomic E-state index is 0.0170. The topological polar surface area (TPSA) is 78.7 Å². The number of carbonyl (C=O) groups excluding carboxylic acids is 2. The minimum atomic E-state index is -0.391. The molecule has 3 amide bonds. The monoisotopic (exact) mass is 399 g/mol. The van der Waals surface area contributed by atoms with Crippen molar-refractivity contribution in [3.8, 4) is 0 Å². The Morgan fingerprint density at radius 1 is 1.29 bits per heavy atom. The van der Waals surface area contributed by atoms with E-state index in [0.29, 0.717) is 24.3 Å². The number of nitrogens with one attached hydrogen (secondary N) is 2. The van der Waals surface area contributed by atoms with E-state index in [9.17, 15) is 14.0 Å². The zero-order valence-corrected chi connectivity index (χ0v) is 15.7. The maximum Gasteiger partial charge on any atom is 0.319 e. The number of hydrogen-bond donors (Lipinski definition) is 2. The molecule has 3 aromatic rings. The van der Waals surface area contributed by atoms with Gasteiger partial charge in [-0.25, -0.2) is 13.7 Å². The van der Waals surface area contributed by atoms with Crippen LogP contribution >= 0.6 is 11.3 Å². The van der Waals surface area contributed by atoms with E-state index in [-0.39, 0.29) is 23.4 Å². The van der Waals surface area contributed by atoms with E-state index < -0.39 is 5.82 Å². The zero-order valence-electron chi connectivity index (χ0n) is 14.9. The number of rotatable bonds is 3. The Bertz CT molecular complexity index is 1060. The summed E-state index contributed by atoms with van der Waals surface area (Å²) in [6, 6.07) is 5.54. The molecule has 1 saturated heterocycles. The average molecular weight is 399 g/mol. The van der Waals surface area contributed by atoms with Crippen LogP contribution in [-0.4, -0.2) is 45.6 Å². The molecule has 144 valence electrons. The van der Waals surface area contributed by atoms with Crippen LogP contribution in [0.25, 0.3) is 4.83 Å². The molecule has 2 aliphatic rings. The van der Waals surface area contributed by atoms with Gasteiger partial charge in [0.2, 0.25) is 0 Å². The first kappa shape index (κ1) is 17.2. The lowest BCUT2D eigenvalue weighted by molar-refractivity contribution is -0.0581. The standard InChI is InChI=1S/C19H18FN5O2S/c20-12-2-1-3-13(6-12)22-18(27)23-14-7-19(8-14)10-24(11-19)16(26)15-9-21-25-4-5-28-17(15)25/h1-6,9,14H,7-8,10-11H2,(H2,22,23,27). The van der Waals surface area contributed by atoms with Crippen molar-refractivity contribution in [2.75, 3.05) is 18.4 Å². The van der Waals surface area contributed by atoms with Gasteiger partial charge in [0.25, 0.3) is 5.91 Å². The van der Waals surface area contributed by atoms with E-state index in [1.807, 2.05) is 16.5 Å². The number of benzene rings is 1. The van der Waals surface area contributed by atoms with Crippen molar-refractivity contribution >= 4 is 33.8 Å². The Labute approximate surface area is 164 Å². The fourth-order valence-corrected chi connectivity index (χ4v) is 5.00. The summed E-state index contributed by atoms with van der Waals surface area (Å²) in [5.41, 5.74) is 1.18. The molecule has 5 rings (SSSR count). The largest absolute Gasteiger partial charge is 0.337 e. The smallest absolute Gasteiger partial charge is 0.319 e. The molecule has 0 bridgehead atoms. The van der Waals surface area contributed by atoms with Crippen LogP contribution < -0.4 is 10.6 Å². The van der Waals surface area contributed by atoms with Crippen molar-refractivity contribution in [1.29, 1.82) is 0 Å². The summed E-state index contributed by atoms with van der Waals surface area (Å²) in [4.78, 5) is 27.5. The van der Waals surface area contributed by atoms with Crippen LogP contribution in [0, 0.1) is 11.2 Å². The highest BCUT2D eigenvalue weighted by Crippen LogP contribution is 2.48. The quantitative estimate of drug-likeness (QED) is 0.711. The molecular formula is C19H18FN5O2S. The van der Waals surface area contributed by atoms with Gasteiger partial charge in [0, 0.05) is 41.8 Å². The lowest BCUT2D eigenvalue weighted by atomic mass is 9.60. The van der Waals surface area contributed by atoms with E-state index in [2.05, 4.69) is 15.7 Å². The second kappa shape index (κ2) is 6.30. The van der Waals surface area contributed by atoms with Crippen molar-refractivity contribution < 1.29 is 14.0 Å². The van der Waals surface area contributed by atoms with Gasteiger partial charge in [0.05, 0.1) is 11.8 Å². The van der Waals surface area contributed by atoms with Gasteiger partial charge in [-0.15, -0.1) is 11.3 Å². The summed E-state index contributed by atoms with van der Waals surface area (Å²) in [7, 11) is 0. The third-order valence-electron chi connectivity index (χ3n) is 5.48. The third kappa shape index (κ3) is 2.91. The van der Waals surface area contributed by atoms with Crippen LogP contribution in [0.3, 0.4) is 0 Å². The first-order valence-electron chi connectivity index (χ1n) is 9.05. The van der Waals surface area contributed by atoms with Gasteiger partial charge in [-0.3, -0.25) is 4.79 Å². The number of hydrogen-bond acceptors (Lipinski definition) is 4. The number of carbonyl (C=O) groups is 2. The fraction of sp³-hybridized carbons (Fsp3) is 0.316. The molecule has 1 saturated carbocycles. The summed E-state index contributed by atoms with van der Waals surface area (Å²) >= 11 is 1.50. The highest BCUT2D eigenvalue weighted by molar-refractivity contribution is 7.15. The number of nitrogens with zero attached hydrogens (tertiary/aromatic N) is 3. The molecule has 1 aliphatic heterocycles. The van der Waals surface area contributed by atoms with Gasteiger partial charge in [-0.05, 0) is 31.0 Å². The molecule has 1 aromatic carbocycles. The molecule has 2 fully saturated rings. The van der Waals surface area contributed by atoms with Crippen molar-refractivity contribution in [1.82, 2.24) is 19.8 Å². The van der Waals surface area contributed by atoms with Crippen molar-refractivity contribution in [3.63, 3.8) is 0 Å². The number of aromatic nitrogens is 2. The molecule has 0 unspecified atom stereocenters. The van der Waals surface area contributed by atoms with Crippen LogP contribution in [0.15, 0.2) is 42.0 Å². The van der Waals surface area contributed by atoms with Crippen LogP contribution in [-0.2, 0) is 0 Å². The number of urea groups is 1. The predicted octanol–water partition coefficient (Wildman–Crippen LogP) is 2.96. The van der Waals surface area contributed by atoms with Gasteiger partial charge in [-0.2, -0.15) is 5.10 Å². The number of fused-ring (bicyclic) bond motifs is 1. The number of amides is 3. The number of thiazole rings is 1. The maximum atomic E-state index is 13.2. The summed E-state index contributed by atoms with van der Waals surface area (Å²) in [6.07, 6.45) is 5.15. The van der Waals surface area contributed by atoms with Crippen molar-refractivity contribution in [3.05, 3.63) is 53.4 Å². The molecule has 3 heterocycles. The SMILES string of the molecule is O=C(Nc1cccc(F)c1)NC1CC2(C1)CN(C(=O)c1cnn3ccsc13)C2. The van der Waals surface area contributed by atoms with Crippen LogP contribution in [0.2, 0.25) is 0 Å². The van der Waals surface area contributed by atoms with Crippen molar-refractivity contribution in [2.24, 2.45) is 5.41 Å². The lowest BCUT2D eigenvalue weighted by Crippen LogP contribution is -2.67. The van der Waals surface area contributed by atoms with Gasteiger partial charge >= 0.3 is 6.03 Å². The van der Waals surface area contributed by atoms with E-state index in [4.69, 9.17) is 0 Å². The molecule has 0 radical (unpaired) electrons. The molecule has 0 atom stereocenters. The molecule has 1 aliphatic carbocycles. The zero-order chi connectivity index (χ0) is 19.3. The van der Waals surface area contributed by atoms with Crippen LogP contribution in [0.1, 0.15) is 23.2 Å². The Morgan fingerprint density at radius 2 is 2.11 bits per heavy atom. The normalized spacial score (nSPS) is 18.0. The molecule has 2 N–H and O–H groups in total. The lowest BCUT2D eigenvalue weighted by Gasteiger charge is -2.58. The predicted molar refractivity (Wildman–Crippen MR) is 103 cm³/mol. The molecular weight excluding hydrogens is 381 g/mol. The van der Waals surface area contributed by atoms with Gasteiger partial charge in [-0.1, -0.05) is 6.07 Å². The number of anilines is 1. The van der Waals surface area contributed by atoms with E-state index >= 15 is 0 Å². The Morgan fingerprint density at radius 3 is 2.89 bits per heavy atom. The summed E-state index contributed by atoms with van der Waals surface area (Å²) in [5.74, 6) is -0.374. The van der Waals surface area contributed by atoms with E-state index in [0.717, 1.165) is 17.7 Å². The fourth-order valence-electron chi connectivity index (χ4n) is 4.22. The average Bonchev–Trinajstić information content (AvgIpc) is 3.18. The minimum Gasteiger partial charge on any atom is -0.337 e. The van der Waals surface area contributed by atoms with Crippen molar-refractivity contribution in [2.45, 2.75) is 18.9 Å². The molecule has 2 aromatic heterocycles. The first-order valence-corrected chi connectivity index (χ1v) is 9.93. The molecule has 7 nitrogen and oxygen atoms in total. The highest BCUT2D eigenvalue weighted by atomic mass is 32.1. The van der Waals surface area contributed by atoms with Gasteiger partial charge in [0.15, 0.2) is 0 Å². The van der Waals surface area contributed by atoms with Crippen LogP contribution in [0.4, 0.5) is 14.9 Å². The molecule has 9 heteroatoms. The third-order valence-corrected chi connectivity index (χ3v) is 6.37. The summed E-state index contributed by atoms with van der Waals surface area (Å²) < 4.78 is 14.9. The van der Waals surface area contributed by atoms with Gasteiger partial charge < -0.3 is 15.5 Å². The Balaban J connectivity index is 1.12. The molecule has 1 spiro atoms. The van der Waals surface area contributed by atoms with Crippen LogP contribution in [0.5, 0.6) is 0 Å². The highest BCUT2D eigenvalue weighted by Gasteiger charge is 2.54. The first-order chi connectivity index (χ1) is 13.5. The maximum absolute atomic E-state index is 13.2. The van der Waals surface area contributed by atoms with Gasteiger partial charge in [0.1, 0.15) is 10.6 Å². The van der Waals surface area contributed by atoms with E-state index in [1.54, 1.807) is 22.8 Å². The Kier molecular flexibility index (Phi) is 3.87. The number of halogens is 1.